The number of likely N-dealkylation sites (tertiary alicyclic amines) is 1. The lowest BCUT2D eigenvalue weighted by Gasteiger charge is -2.39. The summed E-state index contributed by atoms with van der Waals surface area (Å²) in [7, 11) is 0. The van der Waals surface area contributed by atoms with Crippen molar-refractivity contribution < 1.29 is 19.4 Å². The number of hydrogen-bond donors (Lipinski definition) is 1. The van der Waals surface area contributed by atoms with Crippen molar-refractivity contribution in [3.05, 3.63) is 30.3 Å². The van der Waals surface area contributed by atoms with Crippen molar-refractivity contribution in [1.82, 2.24) is 4.90 Å². The van der Waals surface area contributed by atoms with E-state index >= 15 is 0 Å². The molecule has 1 saturated carbocycles. The zero-order valence-electron chi connectivity index (χ0n) is 13.9. The summed E-state index contributed by atoms with van der Waals surface area (Å²) in [5.41, 5.74) is -0.787. The summed E-state index contributed by atoms with van der Waals surface area (Å²) in [6.45, 7) is 2.08. The van der Waals surface area contributed by atoms with Gasteiger partial charge in [0.05, 0.1) is 12.0 Å². The van der Waals surface area contributed by atoms with Crippen LogP contribution in [0.3, 0.4) is 0 Å². The second-order valence-electron chi connectivity index (χ2n) is 7.06. The van der Waals surface area contributed by atoms with Crippen LogP contribution in [0, 0.1) is 11.3 Å². The molecule has 1 aliphatic carbocycles. The lowest BCUT2D eigenvalue weighted by molar-refractivity contribution is -0.159. The molecule has 0 spiro atoms. The molecular weight excluding hydrogens is 306 g/mol. The summed E-state index contributed by atoms with van der Waals surface area (Å²) in [6.07, 6.45) is 4.17. The van der Waals surface area contributed by atoms with Gasteiger partial charge in [-0.2, -0.15) is 0 Å². The molecule has 1 aliphatic heterocycles. The molecule has 2 fully saturated rings. The van der Waals surface area contributed by atoms with Crippen molar-refractivity contribution >= 4 is 11.9 Å². The first-order chi connectivity index (χ1) is 11.6. The third-order valence-corrected chi connectivity index (χ3v) is 5.45. The molecule has 1 saturated heterocycles. The van der Waals surface area contributed by atoms with Crippen LogP contribution in [-0.2, 0) is 9.59 Å². The summed E-state index contributed by atoms with van der Waals surface area (Å²) >= 11 is 0. The van der Waals surface area contributed by atoms with Gasteiger partial charge in [0.2, 0.25) is 5.91 Å². The molecule has 0 bridgehead atoms. The number of carboxylic acid groups (broad SMARTS) is 1. The molecule has 24 heavy (non-hydrogen) atoms. The Balaban J connectivity index is 1.43. The summed E-state index contributed by atoms with van der Waals surface area (Å²) < 4.78 is 5.80. The number of amides is 1. The van der Waals surface area contributed by atoms with E-state index in [1.807, 2.05) is 35.2 Å². The Morgan fingerprint density at radius 1 is 1.17 bits per heavy atom. The first-order valence-electron chi connectivity index (χ1n) is 8.78. The zero-order valence-corrected chi connectivity index (χ0v) is 13.9. The van der Waals surface area contributed by atoms with E-state index in [4.69, 9.17) is 4.74 Å². The van der Waals surface area contributed by atoms with Crippen molar-refractivity contribution in [3.63, 3.8) is 0 Å². The fourth-order valence-electron chi connectivity index (χ4n) is 3.55. The standard InChI is InChI=1S/C19H25NO4/c21-17(13-19(18(22)23)9-4-10-19)20-11-7-15(8-12-20)14-24-16-5-2-1-3-6-16/h1-3,5-6,15H,4,7-14H2,(H,22,23). The lowest BCUT2D eigenvalue weighted by atomic mass is 9.66. The van der Waals surface area contributed by atoms with E-state index in [1.54, 1.807) is 0 Å². The number of nitrogens with zero attached hydrogens (tertiary/aromatic N) is 1. The number of ether oxygens (including phenoxy) is 1. The van der Waals surface area contributed by atoms with Gasteiger partial charge in [-0.3, -0.25) is 9.59 Å². The largest absolute Gasteiger partial charge is 0.493 e. The van der Waals surface area contributed by atoms with Gasteiger partial charge in [-0.15, -0.1) is 0 Å². The van der Waals surface area contributed by atoms with Gasteiger partial charge in [-0.25, -0.2) is 0 Å². The summed E-state index contributed by atoms with van der Waals surface area (Å²) in [5.74, 6) is 0.517. The van der Waals surface area contributed by atoms with Crippen LogP contribution < -0.4 is 4.74 Å². The average Bonchev–Trinajstić information content (AvgIpc) is 2.57. The molecule has 0 atom stereocenters. The third kappa shape index (κ3) is 3.71. The predicted molar refractivity (Wildman–Crippen MR) is 89.8 cm³/mol. The number of rotatable bonds is 6. The number of carboxylic acids is 1. The van der Waals surface area contributed by atoms with Crippen molar-refractivity contribution in [2.75, 3.05) is 19.7 Å². The van der Waals surface area contributed by atoms with Crippen LogP contribution in [0.4, 0.5) is 0 Å². The molecule has 1 amide bonds. The van der Waals surface area contributed by atoms with Crippen LogP contribution in [0.1, 0.15) is 38.5 Å². The second kappa shape index (κ2) is 7.24. The van der Waals surface area contributed by atoms with Gasteiger partial charge >= 0.3 is 5.97 Å². The minimum Gasteiger partial charge on any atom is -0.493 e. The fourth-order valence-corrected chi connectivity index (χ4v) is 3.55. The Bertz CT molecular complexity index is 574. The Labute approximate surface area is 142 Å². The van der Waals surface area contributed by atoms with E-state index in [2.05, 4.69) is 0 Å². The molecule has 1 N–H and O–H groups in total. The average molecular weight is 331 g/mol. The summed E-state index contributed by atoms with van der Waals surface area (Å²) in [6, 6.07) is 9.76. The SMILES string of the molecule is O=C(CC1(C(=O)O)CCC1)N1CCC(COc2ccccc2)CC1. The number of benzene rings is 1. The minimum absolute atomic E-state index is 0.000437. The second-order valence-corrected chi connectivity index (χ2v) is 7.06. The highest BCUT2D eigenvalue weighted by molar-refractivity contribution is 5.85. The molecule has 5 nitrogen and oxygen atoms in total. The van der Waals surface area contributed by atoms with E-state index in [1.165, 1.54) is 0 Å². The normalized spacial score (nSPS) is 20.2. The van der Waals surface area contributed by atoms with E-state index in [9.17, 15) is 14.7 Å². The number of hydrogen-bond acceptors (Lipinski definition) is 3. The van der Waals surface area contributed by atoms with Gasteiger partial charge < -0.3 is 14.7 Å². The fraction of sp³-hybridized carbons (Fsp3) is 0.579. The smallest absolute Gasteiger partial charge is 0.310 e. The number of para-hydroxylation sites is 1. The van der Waals surface area contributed by atoms with Crippen LogP contribution in [0.2, 0.25) is 0 Å². The lowest BCUT2D eigenvalue weighted by Crippen LogP contribution is -2.46. The number of carbonyl (C=O) groups excluding carboxylic acids is 1. The Hall–Kier alpha value is -2.04. The molecule has 1 aromatic carbocycles. The first-order valence-corrected chi connectivity index (χ1v) is 8.78. The quantitative estimate of drug-likeness (QED) is 0.870. The van der Waals surface area contributed by atoms with Crippen LogP contribution in [0.25, 0.3) is 0 Å². The van der Waals surface area contributed by atoms with Crippen LogP contribution in [0.5, 0.6) is 5.75 Å². The van der Waals surface area contributed by atoms with Crippen molar-refractivity contribution in [2.45, 2.75) is 38.5 Å². The van der Waals surface area contributed by atoms with E-state index in [0.717, 1.165) is 25.0 Å². The molecule has 1 aromatic rings. The van der Waals surface area contributed by atoms with Gasteiger partial charge in [-0.05, 0) is 43.7 Å². The maximum Gasteiger partial charge on any atom is 0.310 e. The molecule has 2 aliphatic rings. The van der Waals surface area contributed by atoms with Crippen molar-refractivity contribution in [2.24, 2.45) is 11.3 Å². The van der Waals surface area contributed by atoms with Gasteiger partial charge in [0.1, 0.15) is 5.75 Å². The number of carbonyl (C=O) groups is 2. The van der Waals surface area contributed by atoms with Gasteiger partial charge in [0.25, 0.3) is 0 Å². The Morgan fingerprint density at radius 2 is 1.83 bits per heavy atom. The molecule has 5 heteroatoms. The van der Waals surface area contributed by atoms with Crippen LogP contribution >= 0.6 is 0 Å². The molecular formula is C19H25NO4. The molecule has 0 aromatic heterocycles. The summed E-state index contributed by atoms with van der Waals surface area (Å²) in [4.78, 5) is 25.7. The maximum absolute atomic E-state index is 12.4. The van der Waals surface area contributed by atoms with Crippen LogP contribution in [-0.4, -0.2) is 41.6 Å². The van der Waals surface area contributed by atoms with Gasteiger partial charge in [-0.1, -0.05) is 24.6 Å². The van der Waals surface area contributed by atoms with Crippen molar-refractivity contribution in [1.29, 1.82) is 0 Å². The van der Waals surface area contributed by atoms with E-state index in [-0.39, 0.29) is 12.3 Å². The zero-order chi connectivity index (χ0) is 17.0. The van der Waals surface area contributed by atoms with Crippen LogP contribution in [0.15, 0.2) is 30.3 Å². The highest BCUT2D eigenvalue weighted by atomic mass is 16.5. The highest BCUT2D eigenvalue weighted by Gasteiger charge is 2.46. The highest BCUT2D eigenvalue weighted by Crippen LogP contribution is 2.44. The Kier molecular flexibility index (Phi) is 5.07. The van der Waals surface area contributed by atoms with Crippen molar-refractivity contribution in [3.8, 4) is 5.75 Å². The van der Waals surface area contributed by atoms with E-state index < -0.39 is 11.4 Å². The molecule has 1 heterocycles. The van der Waals surface area contributed by atoms with Gasteiger partial charge in [0.15, 0.2) is 0 Å². The molecule has 130 valence electrons. The monoisotopic (exact) mass is 331 g/mol. The molecule has 3 rings (SSSR count). The minimum atomic E-state index is -0.812. The maximum atomic E-state index is 12.4. The number of aliphatic carboxylic acids is 1. The molecule has 0 radical (unpaired) electrons. The topological polar surface area (TPSA) is 66.8 Å². The predicted octanol–water partition coefficient (Wildman–Crippen LogP) is 2.95. The number of piperidine rings is 1. The Morgan fingerprint density at radius 3 is 2.38 bits per heavy atom. The summed E-state index contributed by atoms with van der Waals surface area (Å²) in [5, 5.41) is 9.36. The van der Waals surface area contributed by atoms with E-state index in [0.29, 0.717) is 38.5 Å². The third-order valence-electron chi connectivity index (χ3n) is 5.45. The van der Waals surface area contributed by atoms with Gasteiger partial charge in [0, 0.05) is 19.5 Å². The first kappa shape index (κ1) is 16.8. The molecule has 0 unspecified atom stereocenters.